The van der Waals surface area contributed by atoms with Crippen molar-refractivity contribution in [1.82, 2.24) is 0 Å². The van der Waals surface area contributed by atoms with Gasteiger partial charge < -0.3 is 92.6 Å². The first-order valence-corrected chi connectivity index (χ1v) is 39.9. The molecule has 13 unspecified atom stereocenters. The van der Waals surface area contributed by atoms with Crippen molar-refractivity contribution in [3.05, 3.63) is 60.7 Å². The summed E-state index contributed by atoms with van der Waals surface area (Å²) in [6.45, 7) is 46.9. The number of hydrogen-bond acceptors (Lipinski definition) is 27. The van der Waals surface area contributed by atoms with Crippen LogP contribution >= 0.6 is 12.6 Å². The number of esters is 6. The number of carboxylic acid groups (broad SMARTS) is 5. The van der Waals surface area contributed by atoms with Gasteiger partial charge in [-0.3, -0.25) is 38.6 Å². The largest absolute Gasteiger partial charge is 0.481 e. The van der Waals surface area contributed by atoms with Gasteiger partial charge >= 0.3 is 65.7 Å². The number of aliphatic carboxylic acids is 4. The summed E-state index contributed by atoms with van der Waals surface area (Å²) < 4.78 is 60.5. The Balaban J connectivity index is -0.000000294. The molecular formula is C83H141NO30S. The predicted molar refractivity (Wildman–Crippen MR) is 437 cm³/mol. The number of carbonyl (C=O) groups is 11. The second-order valence-corrected chi connectivity index (χ2v) is 27.4. The summed E-state index contributed by atoms with van der Waals surface area (Å²) in [6, 6.07) is 5.96. The maximum Gasteiger partial charge on any atom is 0.339 e. The van der Waals surface area contributed by atoms with E-state index in [4.69, 9.17) is 69.9 Å². The molecule has 0 bridgehead atoms. The maximum absolute atomic E-state index is 11.7. The minimum atomic E-state index is -1.15. The lowest BCUT2D eigenvalue weighted by molar-refractivity contribution is -0.155. The van der Waals surface area contributed by atoms with Crippen LogP contribution in [0.2, 0.25) is 0 Å². The molecule has 7 N–H and O–H groups in total. The van der Waals surface area contributed by atoms with Gasteiger partial charge in [-0.15, -0.1) is 0 Å². The summed E-state index contributed by atoms with van der Waals surface area (Å²) in [5, 5.41) is 61.4. The molecule has 2 heterocycles. The van der Waals surface area contributed by atoms with Crippen LogP contribution < -0.4 is 0 Å². The Hall–Kier alpha value is -8.03. The van der Waals surface area contributed by atoms with Crippen molar-refractivity contribution in [2.75, 3.05) is 91.6 Å². The normalized spacial score (nSPS) is 15.9. The Morgan fingerprint density at radius 2 is 1.03 bits per heavy atom. The third kappa shape index (κ3) is 64.8. The molecule has 664 valence electrons. The van der Waals surface area contributed by atoms with Gasteiger partial charge in [0.1, 0.15) is 51.9 Å². The highest BCUT2D eigenvalue weighted by Gasteiger charge is 2.41. The van der Waals surface area contributed by atoms with E-state index in [1.807, 2.05) is 68.4 Å². The molecule has 32 heteroatoms. The number of benzene rings is 1. The average Bonchev–Trinajstić information content (AvgIpc) is 1.83. The predicted octanol–water partition coefficient (Wildman–Crippen LogP) is 12.5. The molecule has 115 heavy (non-hydrogen) atoms. The van der Waals surface area contributed by atoms with E-state index in [-0.39, 0.29) is 104 Å². The van der Waals surface area contributed by atoms with Gasteiger partial charge in [0.25, 0.3) is 0 Å². The van der Waals surface area contributed by atoms with E-state index in [0.717, 1.165) is 82.1 Å². The van der Waals surface area contributed by atoms with Crippen LogP contribution in [-0.4, -0.2) is 236 Å². The molecule has 3 rings (SSSR count). The van der Waals surface area contributed by atoms with Crippen molar-refractivity contribution in [2.45, 2.75) is 245 Å². The highest BCUT2D eigenvalue weighted by atomic mass is 32.1. The summed E-state index contributed by atoms with van der Waals surface area (Å²) in [5.41, 5.74) is -0.860. The fraction of sp³-hybridized carbons (Fsp3) is 0.711. The van der Waals surface area contributed by atoms with E-state index in [1.165, 1.54) is 32.4 Å². The van der Waals surface area contributed by atoms with Gasteiger partial charge in [0.05, 0.1) is 116 Å². The minimum Gasteiger partial charge on any atom is -0.481 e. The van der Waals surface area contributed by atoms with E-state index >= 15 is 0 Å². The van der Waals surface area contributed by atoms with E-state index in [1.54, 1.807) is 39.8 Å². The number of carboxylic acids is 5. The lowest BCUT2D eigenvalue weighted by Crippen LogP contribution is -2.31. The van der Waals surface area contributed by atoms with E-state index in [0.29, 0.717) is 77.3 Å². The number of nitrogens with zero attached hydrogens (tertiary/aromatic N) is 1. The first-order chi connectivity index (χ1) is 54.1. The molecule has 1 aromatic carbocycles. The Bertz CT molecular complexity index is 2880. The summed E-state index contributed by atoms with van der Waals surface area (Å²) in [7, 11) is 0. The van der Waals surface area contributed by atoms with Crippen LogP contribution in [0.1, 0.15) is 229 Å². The van der Waals surface area contributed by atoms with E-state index < -0.39 is 77.2 Å². The summed E-state index contributed by atoms with van der Waals surface area (Å²) in [5.74, 6) is -8.09. The van der Waals surface area contributed by atoms with Crippen LogP contribution in [0.25, 0.3) is 0 Å². The molecule has 0 amide bonds. The maximum atomic E-state index is 11.7. The fourth-order valence-electron chi connectivity index (χ4n) is 7.59. The number of carbonyl (C=O) groups excluding carboxylic acids is 6. The molecule has 0 aromatic heterocycles. The number of cyclic esters (lactones) is 2. The van der Waals surface area contributed by atoms with Crippen molar-refractivity contribution in [3.63, 3.8) is 0 Å². The van der Waals surface area contributed by atoms with E-state index in [9.17, 15) is 63.0 Å². The van der Waals surface area contributed by atoms with E-state index in [2.05, 4.69) is 77.4 Å². The van der Waals surface area contributed by atoms with Gasteiger partial charge in [0, 0.05) is 38.2 Å². The van der Waals surface area contributed by atoms with Gasteiger partial charge in [-0.2, -0.15) is 12.6 Å². The summed E-state index contributed by atoms with van der Waals surface area (Å²) in [6.07, 6.45) is 18.4. The molecule has 0 aliphatic carbocycles. The lowest BCUT2D eigenvalue weighted by atomic mass is 9.89. The Morgan fingerprint density at radius 3 is 1.41 bits per heavy atom. The second-order valence-electron chi connectivity index (χ2n) is 27.0. The van der Waals surface area contributed by atoms with Crippen molar-refractivity contribution >= 4 is 84.2 Å². The van der Waals surface area contributed by atoms with Crippen LogP contribution in [0.4, 0.5) is 0 Å². The number of thiol groups is 1. The van der Waals surface area contributed by atoms with Gasteiger partial charge in [-0.1, -0.05) is 129 Å². The zero-order valence-electron chi connectivity index (χ0n) is 71.8. The zero-order chi connectivity index (χ0) is 89.6. The molecule has 0 saturated carbocycles. The van der Waals surface area contributed by atoms with Crippen LogP contribution in [0.15, 0.2) is 54.6 Å². The molecule has 1 saturated heterocycles. The first kappa shape index (κ1) is 118. The minimum absolute atomic E-state index is 0.00524. The topological polar surface area (TPSA) is 453 Å². The monoisotopic (exact) mass is 1660 g/mol. The number of unbranched alkanes of at least 4 members (excludes halogenated alkanes) is 1. The van der Waals surface area contributed by atoms with Gasteiger partial charge in [0.15, 0.2) is 5.90 Å². The molecule has 1 fully saturated rings. The smallest absolute Gasteiger partial charge is 0.339 e. The van der Waals surface area contributed by atoms with Gasteiger partial charge in [0.2, 0.25) is 0 Å². The summed E-state index contributed by atoms with van der Waals surface area (Å²) >= 11 is 4.11. The summed E-state index contributed by atoms with van der Waals surface area (Å²) in [4.78, 5) is 122. The Labute approximate surface area is 688 Å². The number of ether oxygens (including phenoxy) is 12. The molecule has 2 aliphatic rings. The molecule has 0 radical (unpaired) electrons. The first-order valence-electron chi connectivity index (χ1n) is 39.2. The third-order valence-corrected chi connectivity index (χ3v) is 17.7. The lowest BCUT2D eigenvalue weighted by Gasteiger charge is -2.20. The van der Waals surface area contributed by atoms with Crippen molar-refractivity contribution in [2.24, 2.45) is 51.8 Å². The van der Waals surface area contributed by atoms with Crippen LogP contribution in [0, 0.1) is 59.4 Å². The van der Waals surface area contributed by atoms with Crippen molar-refractivity contribution < 1.29 is 145 Å². The van der Waals surface area contributed by atoms with Crippen LogP contribution in [0.5, 0.6) is 0 Å². The molecule has 31 nitrogen and oxygen atoms in total. The number of aliphatic imine (C=N–C) groups is 1. The van der Waals surface area contributed by atoms with Gasteiger partial charge in [-0.05, 0) is 123 Å². The number of terminal acetylenes is 1. The highest BCUT2D eigenvalue weighted by molar-refractivity contribution is 7.80. The number of aliphatic hydroxyl groups excluding tert-OH is 2. The number of rotatable bonds is 47. The number of aromatic carboxylic acids is 1. The molecule has 2 aliphatic heterocycles. The Kier molecular flexibility index (Phi) is 76.6. The van der Waals surface area contributed by atoms with Crippen LogP contribution in [-0.2, 0) is 100.0 Å². The van der Waals surface area contributed by atoms with Gasteiger partial charge in [-0.25, -0.2) is 19.2 Å². The molecule has 0 spiro atoms. The molecular weight excluding hydrogens is 1520 g/mol. The molecule has 13 atom stereocenters. The zero-order valence-corrected chi connectivity index (χ0v) is 72.7. The third-order valence-electron chi connectivity index (χ3n) is 17.4. The number of hydrogen-bond donors (Lipinski definition) is 8. The van der Waals surface area contributed by atoms with Crippen molar-refractivity contribution in [1.29, 1.82) is 0 Å². The number of aliphatic hydroxyl groups is 2. The Morgan fingerprint density at radius 1 is 0.591 bits per heavy atom. The fourth-order valence-corrected chi connectivity index (χ4v) is 7.81. The van der Waals surface area contributed by atoms with Crippen molar-refractivity contribution in [3.8, 4) is 12.5 Å². The average molecular weight is 1670 g/mol. The van der Waals surface area contributed by atoms with Crippen LogP contribution in [0.3, 0.4) is 0 Å². The molecule has 1 aromatic rings. The quantitative estimate of drug-likeness (QED) is 0.00571. The standard InChI is InChI=1S/C14H18O5.C11H21NO3.C11H18O5.C11H20O4.2C8H12O3.C8H18OS.C6H10O4.C6H12O2/c1-3-10(2)18-8-9-19-14(17)12-7-5-4-6-11(12)13(15)16;1-3-10(2)14-9-8-13-6-4-11-12-5-7-15-11;1-4-8(3)11(14)16-7-9(12)6-15-10(13)5-2;1-4-9(3)14-7-6-10(12)8-15-11(13)5-2;1-3-5-6(4-2)8(10)11-7(5)9;1-4-8(3,7(9)10)6-11-5-2;1-3-8(2)9-6-4-5-7-10;1-3(5(7)8)4(2)6(9)10;1-4(2)5(3)6(7)8/h4-7,10H,3,8-9H2,1-2H3,(H,15,16);10H,3-9H2,1-2H3;5,8-9,12H,2,4,6-7H2,1,3H3;5,9-10,12H,2,4,6-8H2,1,3H3;5-6H,3-4H2,1-2H3;2H,4,6H2,1,3H3,(H,9,10);8,10H,3-7H2,1-2H3;3-4H,1-2H3,(H,7,8)(H,9,10);4-5H,1-3H3,(H,7,8). The SMILES string of the molecule is C#COCC(C)(CC)C(=O)O.C=CC(=O)OCC(O)CCOC(C)CC.C=CC(=O)OCC(O)COC(=O)C(C)CC.CC(C(=O)O)C(C)C(=O)O.CC(C)C(C)C(=O)O.CCC(C)OCCCCS.CCC(C)OCCOC(=O)c1ccccc1C(=O)O.CCC(C)OCCOCCC1=NCCO1.CCC1C(=O)OC(=O)C1CC. The highest BCUT2D eigenvalue weighted by Crippen LogP contribution is 2.28. The second kappa shape index (κ2) is 74.8.